The number of carboxylic acid groups (broad SMARTS) is 1. The van der Waals surface area contributed by atoms with E-state index in [-0.39, 0.29) is 6.42 Å². The van der Waals surface area contributed by atoms with Crippen molar-refractivity contribution >= 4 is 11.9 Å². The molecule has 0 aromatic carbocycles. The first-order valence-corrected chi connectivity index (χ1v) is 4.44. The van der Waals surface area contributed by atoms with Crippen molar-refractivity contribution in [3.63, 3.8) is 0 Å². The molecule has 0 saturated carbocycles. The van der Waals surface area contributed by atoms with E-state index in [0.717, 1.165) is 6.42 Å². The number of carboxylic acids is 1. The van der Waals surface area contributed by atoms with Gasteiger partial charge >= 0.3 is 5.97 Å². The number of nitrogens with two attached hydrogens (primary N) is 1. The number of amides is 1. The number of primary amides is 1. The average molecular weight is 187 g/mol. The van der Waals surface area contributed by atoms with Gasteiger partial charge in [-0.1, -0.05) is 20.3 Å². The predicted octanol–water partition coefficient (Wildman–Crippen LogP) is 0.999. The van der Waals surface area contributed by atoms with Crippen LogP contribution in [0.25, 0.3) is 0 Å². The van der Waals surface area contributed by atoms with Gasteiger partial charge in [-0.15, -0.1) is 0 Å². The molecule has 0 fully saturated rings. The molecule has 0 unspecified atom stereocenters. The average Bonchev–Trinajstić information content (AvgIpc) is 1.96. The summed E-state index contributed by atoms with van der Waals surface area (Å²) in [5, 5.41) is 8.73. The van der Waals surface area contributed by atoms with Gasteiger partial charge in [-0.3, -0.25) is 9.59 Å². The first-order valence-electron chi connectivity index (χ1n) is 4.44. The summed E-state index contributed by atoms with van der Waals surface area (Å²) in [6, 6.07) is 0. The predicted molar refractivity (Wildman–Crippen MR) is 49.0 cm³/mol. The maximum absolute atomic E-state index is 10.6. The van der Waals surface area contributed by atoms with Crippen molar-refractivity contribution in [2.45, 2.75) is 33.1 Å². The van der Waals surface area contributed by atoms with Crippen molar-refractivity contribution in [1.29, 1.82) is 0 Å². The van der Waals surface area contributed by atoms with Crippen LogP contribution in [0, 0.1) is 11.8 Å². The molecule has 0 aliphatic rings. The van der Waals surface area contributed by atoms with Crippen LogP contribution in [-0.4, -0.2) is 17.0 Å². The lowest BCUT2D eigenvalue weighted by Gasteiger charge is -2.11. The topological polar surface area (TPSA) is 80.4 Å². The molecule has 0 radical (unpaired) electrons. The molecule has 76 valence electrons. The lowest BCUT2D eigenvalue weighted by atomic mass is 9.95. The fourth-order valence-electron chi connectivity index (χ4n) is 1.09. The van der Waals surface area contributed by atoms with Gasteiger partial charge in [0.15, 0.2) is 0 Å². The van der Waals surface area contributed by atoms with Crippen LogP contribution in [-0.2, 0) is 9.59 Å². The highest BCUT2D eigenvalue weighted by Gasteiger charge is 2.19. The lowest BCUT2D eigenvalue weighted by Crippen LogP contribution is -2.22. The van der Waals surface area contributed by atoms with Gasteiger partial charge in [-0.05, 0) is 12.3 Å². The zero-order chi connectivity index (χ0) is 10.4. The summed E-state index contributed by atoms with van der Waals surface area (Å²) in [7, 11) is 0. The van der Waals surface area contributed by atoms with Crippen LogP contribution < -0.4 is 5.73 Å². The summed E-state index contributed by atoms with van der Waals surface area (Å²) in [5.74, 6) is -1.63. The highest BCUT2D eigenvalue weighted by Crippen LogP contribution is 2.15. The van der Waals surface area contributed by atoms with Crippen molar-refractivity contribution in [2.24, 2.45) is 17.6 Å². The summed E-state index contributed by atoms with van der Waals surface area (Å²) >= 11 is 0. The zero-order valence-electron chi connectivity index (χ0n) is 8.12. The van der Waals surface area contributed by atoms with E-state index in [2.05, 4.69) is 0 Å². The molecule has 3 N–H and O–H groups in total. The molecular formula is C9H17NO3. The van der Waals surface area contributed by atoms with Crippen molar-refractivity contribution < 1.29 is 14.7 Å². The zero-order valence-corrected chi connectivity index (χ0v) is 8.12. The van der Waals surface area contributed by atoms with Crippen LogP contribution in [0.15, 0.2) is 0 Å². The molecule has 4 heteroatoms. The Morgan fingerprint density at radius 1 is 1.31 bits per heavy atom. The SMILES string of the molecule is CC(C)CC[C@H](CC(N)=O)C(=O)O. The second-order valence-corrected chi connectivity index (χ2v) is 3.68. The summed E-state index contributed by atoms with van der Waals surface area (Å²) in [6.45, 7) is 4.03. The van der Waals surface area contributed by atoms with Crippen molar-refractivity contribution in [1.82, 2.24) is 0 Å². The minimum atomic E-state index is -0.931. The highest BCUT2D eigenvalue weighted by molar-refractivity contribution is 5.80. The summed E-state index contributed by atoms with van der Waals surface area (Å²) in [6.07, 6.45) is 1.28. The molecule has 0 aromatic heterocycles. The Morgan fingerprint density at radius 2 is 1.85 bits per heavy atom. The Bertz CT molecular complexity index is 189. The van der Waals surface area contributed by atoms with Crippen LogP contribution in [0.4, 0.5) is 0 Å². The molecule has 0 aliphatic heterocycles. The van der Waals surface area contributed by atoms with E-state index in [1.54, 1.807) is 0 Å². The van der Waals surface area contributed by atoms with Crippen molar-refractivity contribution in [3.8, 4) is 0 Å². The van der Waals surface area contributed by atoms with Gasteiger partial charge in [0.1, 0.15) is 0 Å². The number of aliphatic carboxylic acids is 1. The standard InChI is InChI=1S/C9H17NO3/c1-6(2)3-4-7(9(12)13)5-8(10)11/h6-7H,3-5H2,1-2H3,(H2,10,11)(H,12,13)/t7-/m1/s1. The molecule has 0 saturated heterocycles. The third-order valence-electron chi connectivity index (χ3n) is 1.89. The largest absolute Gasteiger partial charge is 0.481 e. The van der Waals surface area contributed by atoms with Gasteiger partial charge < -0.3 is 10.8 Å². The molecule has 0 rings (SSSR count). The Morgan fingerprint density at radius 3 is 2.15 bits per heavy atom. The van der Waals surface area contributed by atoms with Gasteiger partial charge in [0.05, 0.1) is 5.92 Å². The van der Waals surface area contributed by atoms with Gasteiger partial charge in [-0.2, -0.15) is 0 Å². The maximum Gasteiger partial charge on any atom is 0.307 e. The molecule has 0 bridgehead atoms. The molecule has 0 heterocycles. The van der Waals surface area contributed by atoms with Gasteiger partial charge in [0, 0.05) is 6.42 Å². The summed E-state index contributed by atoms with van der Waals surface area (Å²) in [4.78, 5) is 21.2. The van der Waals surface area contributed by atoms with Gasteiger partial charge in [-0.25, -0.2) is 0 Å². The summed E-state index contributed by atoms with van der Waals surface area (Å²) < 4.78 is 0. The molecule has 1 amide bonds. The van der Waals surface area contributed by atoms with E-state index < -0.39 is 17.8 Å². The van der Waals surface area contributed by atoms with Crippen LogP contribution in [0.2, 0.25) is 0 Å². The fraction of sp³-hybridized carbons (Fsp3) is 0.778. The van der Waals surface area contributed by atoms with E-state index in [4.69, 9.17) is 10.8 Å². The van der Waals surface area contributed by atoms with Crippen LogP contribution in [0.5, 0.6) is 0 Å². The molecule has 4 nitrogen and oxygen atoms in total. The molecule has 1 atom stereocenters. The monoisotopic (exact) mass is 187 g/mol. The molecule has 0 aliphatic carbocycles. The summed E-state index contributed by atoms with van der Waals surface area (Å²) in [5.41, 5.74) is 4.94. The van der Waals surface area contributed by atoms with E-state index in [1.165, 1.54) is 0 Å². The first kappa shape index (κ1) is 11.9. The van der Waals surface area contributed by atoms with Crippen molar-refractivity contribution in [2.75, 3.05) is 0 Å². The van der Waals surface area contributed by atoms with E-state index in [0.29, 0.717) is 12.3 Å². The van der Waals surface area contributed by atoms with Crippen LogP contribution >= 0.6 is 0 Å². The molecule has 0 spiro atoms. The second-order valence-electron chi connectivity index (χ2n) is 3.68. The normalized spacial score (nSPS) is 12.8. The lowest BCUT2D eigenvalue weighted by molar-refractivity contribution is -0.144. The van der Waals surface area contributed by atoms with Crippen molar-refractivity contribution in [3.05, 3.63) is 0 Å². The first-order chi connectivity index (χ1) is 5.93. The number of hydrogen-bond acceptors (Lipinski definition) is 2. The molecular weight excluding hydrogens is 170 g/mol. The van der Waals surface area contributed by atoms with Gasteiger partial charge in [0.25, 0.3) is 0 Å². The Kier molecular flexibility index (Phi) is 5.11. The smallest absolute Gasteiger partial charge is 0.307 e. The Hall–Kier alpha value is -1.06. The minimum absolute atomic E-state index is 0.0535. The third-order valence-corrected chi connectivity index (χ3v) is 1.89. The van der Waals surface area contributed by atoms with E-state index >= 15 is 0 Å². The Labute approximate surface area is 78.1 Å². The molecule has 13 heavy (non-hydrogen) atoms. The van der Waals surface area contributed by atoms with Crippen LogP contribution in [0.3, 0.4) is 0 Å². The van der Waals surface area contributed by atoms with Crippen LogP contribution in [0.1, 0.15) is 33.1 Å². The number of rotatable bonds is 6. The Balaban J connectivity index is 3.95. The van der Waals surface area contributed by atoms with E-state index in [9.17, 15) is 9.59 Å². The maximum atomic E-state index is 10.6. The molecule has 0 aromatic rings. The van der Waals surface area contributed by atoms with Gasteiger partial charge in [0.2, 0.25) is 5.91 Å². The number of carbonyl (C=O) groups excluding carboxylic acids is 1. The number of carbonyl (C=O) groups is 2. The van der Waals surface area contributed by atoms with E-state index in [1.807, 2.05) is 13.8 Å². The highest BCUT2D eigenvalue weighted by atomic mass is 16.4. The second kappa shape index (κ2) is 5.56. The minimum Gasteiger partial charge on any atom is -0.481 e. The number of hydrogen-bond donors (Lipinski definition) is 2. The quantitative estimate of drug-likeness (QED) is 0.650. The fourth-order valence-corrected chi connectivity index (χ4v) is 1.09. The third kappa shape index (κ3) is 6.13.